The fourth-order valence-electron chi connectivity index (χ4n) is 3.57. The van der Waals surface area contributed by atoms with Gasteiger partial charge in [-0.3, -0.25) is 0 Å². The normalized spacial score (nSPS) is 11.7. The first-order valence-electron chi connectivity index (χ1n) is 9.40. The monoisotopic (exact) mass is 407 g/mol. The minimum atomic E-state index is 0.411. The van der Waals surface area contributed by atoms with Gasteiger partial charge in [-0.15, -0.1) is 10.2 Å². The molecule has 5 rings (SSSR count). The smallest absolute Gasteiger partial charge is 0.185 e. The quantitative estimate of drug-likeness (QED) is 0.442. The molecule has 9 nitrogen and oxygen atoms in total. The molecule has 5 aromatic rings. The van der Waals surface area contributed by atoms with Gasteiger partial charge in [0.25, 0.3) is 0 Å². The van der Waals surface area contributed by atoms with Crippen LogP contribution >= 0.6 is 11.6 Å². The molecule has 0 aliphatic rings. The number of hydrogen-bond acceptors (Lipinski definition) is 7. The van der Waals surface area contributed by atoms with E-state index in [-0.39, 0.29) is 0 Å². The maximum atomic E-state index is 6.40. The van der Waals surface area contributed by atoms with Crippen LogP contribution in [-0.2, 0) is 6.54 Å². The minimum absolute atomic E-state index is 0.411. The summed E-state index contributed by atoms with van der Waals surface area (Å²) in [6.07, 6.45) is 3.31. The molecule has 10 heteroatoms. The second-order valence-corrected chi connectivity index (χ2v) is 6.96. The van der Waals surface area contributed by atoms with Crippen molar-refractivity contribution < 1.29 is 0 Å². The van der Waals surface area contributed by atoms with E-state index in [1.807, 2.05) is 28.8 Å². The number of hydrogen-bond donors (Lipinski definition) is 0. The van der Waals surface area contributed by atoms with E-state index < -0.39 is 0 Å². The second-order valence-electron chi connectivity index (χ2n) is 6.60. The summed E-state index contributed by atoms with van der Waals surface area (Å²) in [5.74, 6) is 1.48. The summed E-state index contributed by atoms with van der Waals surface area (Å²) in [5.41, 5.74) is 2.18. The highest BCUT2D eigenvalue weighted by atomic mass is 35.5. The third-order valence-corrected chi connectivity index (χ3v) is 5.32. The van der Waals surface area contributed by atoms with Crippen molar-refractivity contribution in [2.75, 3.05) is 18.0 Å². The fourth-order valence-corrected chi connectivity index (χ4v) is 3.81. The van der Waals surface area contributed by atoms with E-state index in [9.17, 15) is 0 Å². The Labute approximate surface area is 171 Å². The summed E-state index contributed by atoms with van der Waals surface area (Å²) in [4.78, 5) is 15.6. The summed E-state index contributed by atoms with van der Waals surface area (Å²) in [6, 6.07) is 7.76. The zero-order valence-electron chi connectivity index (χ0n) is 16.0. The summed E-state index contributed by atoms with van der Waals surface area (Å²) in [5, 5.41) is 15.3. The molecule has 4 heterocycles. The number of nitrogens with zero attached hydrogens (tertiary/aromatic N) is 9. The van der Waals surface area contributed by atoms with Gasteiger partial charge in [-0.2, -0.15) is 9.61 Å². The maximum Gasteiger partial charge on any atom is 0.185 e. The molecule has 29 heavy (non-hydrogen) atoms. The fraction of sp³-hybridized carbons (Fsp3) is 0.263. The lowest BCUT2D eigenvalue weighted by Crippen LogP contribution is -2.23. The van der Waals surface area contributed by atoms with Gasteiger partial charge < -0.3 is 9.47 Å². The van der Waals surface area contributed by atoms with Crippen LogP contribution in [0.15, 0.2) is 36.9 Å². The van der Waals surface area contributed by atoms with Crippen LogP contribution in [0.4, 0.5) is 5.82 Å². The van der Waals surface area contributed by atoms with E-state index in [0.717, 1.165) is 40.8 Å². The van der Waals surface area contributed by atoms with Crippen LogP contribution < -0.4 is 4.90 Å². The van der Waals surface area contributed by atoms with Gasteiger partial charge in [0, 0.05) is 23.9 Å². The molecule has 0 atom stereocenters. The van der Waals surface area contributed by atoms with Gasteiger partial charge in [0.2, 0.25) is 0 Å². The van der Waals surface area contributed by atoms with Crippen molar-refractivity contribution in [3.05, 3.63) is 47.9 Å². The first-order chi connectivity index (χ1) is 14.2. The summed E-state index contributed by atoms with van der Waals surface area (Å²) in [6.45, 7) is 6.29. The molecule has 146 valence electrons. The van der Waals surface area contributed by atoms with Crippen LogP contribution in [0.25, 0.3) is 27.6 Å². The predicted octanol–water partition coefficient (Wildman–Crippen LogP) is 2.97. The number of halogens is 1. The maximum absolute atomic E-state index is 6.40. The molecular weight excluding hydrogens is 390 g/mol. The lowest BCUT2D eigenvalue weighted by Gasteiger charge is -2.19. The number of fused-ring (bicyclic) bond motifs is 4. The van der Waals surface area contributed by atoms with Crippen LogP contribution in [0.2, 0.25) is 5.15 Å². The molecule has 1 aromatic carbocycles. The van der Waals surface area contributed by atoms with Gasteiger partial charge in [-0.05, 0) is 13.8 Å². The molecule has 0 saturated carbocycles. The number of imidazole rings is 1. The SMILES string of the molecule is CCN(CC)c1ncnc2c1ncn2Cc1nnc2c3ccccc3c(Cl)nn12. The van der Waals surface area contributed by atoms with Crippen molar-refractivity contribution in [2.45, 2.75) is 20.4 Å². The predicted molar refractivity (Wildman–Crippen MR) is 111 cm³/mol. The Morgan fingerprint density at radius 3 is 2.55 bits per heavy atom. The van der Waals surface area contributed by atoms with E-state index in [1.165, 1.54) is 0 Å². The van der Waals surface area contributed by atoms with E-state index in [1.54, 1.807) is 17.2 Å². The van der Waals surface area contributed by atoms with Gasteiger partial charge in [0.1, 0.15) is 6.33 Å². The van der Waals surface area contributed by atoms with Crippen molar-refractivity contribution in [1.29, 1.82) is 0 Å². The Kier molecular flexibility index (Phi) is 4.24. The highest BCUT2D eigenvalue weighted by Gasteiger charge is 2.17. The average Bonchev–Trinajstić information content (AvgIpc) is 3.35. The molecule has 0 N–H and O–H groups in total. The van der Waals surface area contributed by atoms with Gasteiger partial charge in [-0.25, -0.2) is 15.0 Å². The third-order valence-electron chi connectivity index (χ3n) is 5.04. The first kappa shape index (κ1) is 17.7. The van der Waals surface area contributed by atoms with Crippen molar-refractivity contribution in [3.8, 4) is 0 Å². The van der Waals surface area contributed by atoms with Gasteiger partial charge in [-0.1, -0.05) is 35.9 Å². The molecule has 0 bridgehead atoms. The second kappa shape index (κ2) is 6.93. The van der Waals surface area contributed by atoms with Crippen LogP contribution in [-0.4, -0.2) is 52.4 Å². The van der Waals surface area contributed by atoms with Crippen molar-refractivity contribution in [1.82, 2.24) is 39.3 Å². The van der Waals surface area contributed by atoms with E-state index in [0.29, 0.717) is 23.2 Å². The molecule has 0 radical (unpaired) electrons. The molecule has 0 unspecified atom stereocenters. The zero-order valence-corrected chi connectivity index (χ0v) is 16.7. The molecular formula is C19H18ClN9. The van der Waals surface area contributed by atoms with Crippen molar-refractivity contribution in [2.24, 2.45) is 0 Å². The molecule has 4 aromatic heterocycles. The molecule has 0 amide bonds. The van der Waals surface area contributed by atoms with Crippen LogP contribution in [0.1, 0.15) is 19.7 Å². The third kappa shape index (κ3) is 2.77. The number of anilines is 1. The Hall–Kier alpha value is -3.33. The number of aromatic nitrogens is 8. The summed E-state index contributed by atoms with van der Waals surface area (Å²) in [7, 11) is 0. The summed E-state index contributed by atoms with van der Waals surface area (Å²) < 4.78 is 3.61. The summed E-state index contributed by atoms with van der Waals surface area (Å²) >= 11 is 6.40. The van der Waals surface area contributed by atoms with E-state index >= 15 is 0 Å². The van der Waals surface area contributed by atoms with Crippen molar-refractivity contribution in [3.63, 3.8) is 0 Å². The largest absolute Gasteiger partial charge is 0.355 e. The minimum Gasteiger partial charge on any atom is -0.355 e. The Morgan fingerprint density at radius 1 is 0.966 bits per heavy atom. The van der Waals surface area contributed by atoms with Gasteiger partial charge in [0.15, 0.2) is 33.6 Å². The average molecular weight is 408 g/mol. The van der Waals surface area contributed by atoms with E-state index in [4.69, 9.17) is 11.6 Å². The Bertz CT molecular complexity index is 1340. The highest BCUT2D eigenvalue weighted by Crippen LogP contribution is 2.25. The molecule has 0 spiro atoms. The molecule has 0 aliphatic carbocycles. The highest BCUT2D eigenvalue weighted by molar-refractivity contribution is 6.34. The van der Waals surface area contributed by atoms with E-state index in [2.05, 4.69) is 49.0 Å². The van der Waals surface area contributed by atoms with Gasteiger partial charge in [0.05, 0.1) is 12.9 Å². The molecule has 0 fully saturated rings. The van der Waals surface area contributed by atoms with Crippen LogP contribution in [0, 0.1) is 0 Å². The Morgan fingerprint density at radius 2 is 1.76 bits per heavy atom. The van der Waals surface area contributed by atoms with Gasteiger partial charge >= 0.3 is 0 Å². The first-order valence-corrected chi connectivity index (χ1v) is 9.78. The topological polar surface area (TPSA) is 89.9 Å². The zero-order chi connectivity index (χ0) is 20.0. The number of rotatable bonds is 5. The van der Waals surface area contributed by atoms with Crippen molar-refractivity contribution >= 4 is 45.0 Å². The lowest BCUT2D eigenvalue weighted by atomic mass is 10.2. The van der Waals surface area contributed by atoms with Crippen LogP contribution in [0.3, 0.4) is 0 Å². The standard InChI is InChI=1S/C19H18ClN9/c1-3-27(4-2)18-15-19(22-10-21-18)28(11-23-15)9-14-24-25-17-13-8-6-5-7-12(13)16(20)26-29(14)17/h5-8,10-11H,3-4,9H2,1-2H3. The molecule has 0 aliphatic heterocycles. The number of benzene rings is 1. The lowest BCUT2D eigenvalue weighted by molar-refractivity contribution is 0.718. The van der Waals surface area contributed by atoms with Crippen LogP contribution in [0.5, 0.6) is 0 Å². The Balaban J connectivity index is 1.61. The molecule has 0 saturated heterocycles.